The summed E-state index contributed by atoms with van der Waals surface area (Å²) in [6.45, 7) is 1.95. The molecule has 0 radical (unpaired) electrons. The van der Waals surface area contributed by atoms with Gasteiger partial charge in [-0.1, -0.05) is 6.92 Å². The Morgan fingerprint density at radius 2 is 1.33 bits per heavy atom. The first-order valence-corrected chi connectivity index (χ1v) is 8.07. The zero-order chi connectivity index (χ0) is 15.8. The predicted octanol–water partition coefficient (Wildman–Crippen LogP) is 1.92. The summed E-state index contributed by atoms with van der Waals surface area (Å²) in [6, 6.07) is 11.0. The second-order valence-corrected chi connectivity index (χ2v) is 5.83. The molecule has 4 nitrogen and oxygen atoms in total. The highest BCUT2D eigenvalue weighted by atomic mass is 32.2. The summed E-state index contributed by atoms with van der Waals surface area (Å²) in [6.07, 6.45) is 1.82. The minimum Gasteiger partial charge on any atom is -0.192 e. The van der Waals surface area contributed by atoms with E-state index in [1.807, 2.05) is 37.5 Å². The lowest BCUT2D eigenvalue weighted by Crippen LogP contribution is -2.18. The van der Waals surface area contributed by atoms with Crippen LogP contribution < -0.4 is 10.4 Å². The summed E-state index contributed by atoms with van der Waals surface area (Å²) in [7, 11) is 0. The lowest BCUT2D eigenvalue weighted by atomic mass is 10.1. The molecule has 0 bridgehead atoms. The van der Waals surface area contributed by atoms with Crippen LogP contribution in [-0.2, 0) is 0 Å². The average Bonchev–Trinajstić information content (AvgIpc) is 2.51. The number of hydrogen-bond acceptors (Lipinski definition) is 6. The highest BCUT2D eigenvalue weighted by Gasteiger charge is 2.08. The van der Waals surface area contributed by atoms with E-state index in [2.05, 4.69) is 0 Å². The first-order valence-electron chi connectivity index (χ1n) is 5.86. The second kappa shape index (κ2) is 8.03. The Hall–Kier alpha value is -2.38. The summed E-state index contributed by atoms with van der Waals surface area (Å²) in [5.41, 5.74) is 0.0579. The molecule has 0 atom stereocenters. The van der Waals surface area contributed by atoms with Gasteiger partial charge in [-0.05, 0) is 24.1 Å². The number of benzene rings is 1. The van der Waals surface area contributed by atoms with Gasteiger partial charge in [-0.25, -0.2) is 0 Å². The minimum absolute atomic E-state index is 0.0271. The second-order valence-electron chi connectivity index (χ2n) is 3.68. The molecule has 1 aromatic rings. The first-order chi connectivity index (χ1) is 10.2. The van der Waals surface area contributed by atoms with Crippen molar-refractivity contribution in [1.29, 1.82) is 21.0 Å². The SMILES string of the molecule is CCSc1cc(=C(C#N)C#N)c(SC)cc1=C(C#N)C#N. The Balaban J connectivity index is 4.03. The molecule has 0 spiro atoms. The number of rotatable bonds is 3. The Bertz CT molecular complexity index is 810. The number of thioether (sulfide) groups is 2. The number of nitrogens with zero attached hydrogens (tertiary/aromatic N) is 4. The van der Waals surface area contributed by atoms with Crippen LogP contribution in [0.2, 0.25) is 0 Å². The molecular weight excluding hydrogens is 300 g/mol. The molecule has 0 fully saturated rings. The molecule has 0 aliphatic carbocycles. The molecule has 21 heavy (non-hydrogen) atoms. The van der Waals surface area contributed by atoms with Gasteiger partial charge in [0.05, 0.1) is 0 Å². The molecule has 0 unspecified atom stereocenters. The van der Waals surface area contributed by atoms with E-state index in [0.29, 0.717) is 15.3 Å². The largest absolute Gasteiger partial charge is 0.192 e. The number of hydrogen-bond donors (Lipinski definition) is 0. The Morgan fingerprint density at radius 3 is 1.71 bits per heavy atom. The van der Waals surface area contributed by atoms with Crippen LogP contribution in [0.15, 0.2) is 21.9 Å². The predicted molar refractivity (Wildman–Crippen MR) is 83.1 cm³/mol. The smallest absolute Gasteiger partial charge is 0.138 e. The third-order valence-corrected chi connectivity index (χ3v) is 4.30. The summed E-state index contributed by atoms with van der Waals surface area (Å²) < 4.78 is 0. The van der Waals surface area contributed by atoms with E-state index in [4.69, 9.17) is 21.0 Å². The average molecular weight is 310 g/mol. The van der Waals surface area contributed by atoms with Crippen LogP contribution in [0.5, 0.6) is 0 Å². The van der Waals surface area contributed by atoms with Gasteiger partial charge in [0.15, 0.2) is 0 Å². The van der Waals surface area contributed by atoms with Crippen molar-refractivity contribution in [3.63, 3.8) is 0 Å². The first kappa shape index (κ1) is 16.7. The van der Waals surface area contributed by atoms with E-state index in [1.54, 1.807) is 12.1 Å². The molecule has 0 heterocycles. The van der Waals surface area contributed by atoms with E-state index in [0.717, 1.165) is 10.6 Å². The molecule has 0 aliphatic heterocycles. The maximum atomic E-state index is 9.07. The van der Waals surface area contributed by atoms with Gasteiger partial charge in [-0.15, -0.1) is 23.5 Å². The van der Waals surface area contributed by atoms with Gasteiger partial charge in [0.1, 0.15) is 35.4 Å². The van der Waals surface area contributed by atoms with Crippen molar-refractivity contribution in [2.24, 2.45) is 0 Å². The maximum Gasteiger partial charge on any atom is 0.138 e. The maximum absolute atomic E-state index is 9.07. The molecule has 0 aromatic heterocycles. The van der Waals surface area contributed by atoms with Gasteiger partial charge in [0, 0.05) is 20.2 Å². The molecular formula is C15H10N4S2. The van der Waals surface area contributed by atoms with Crippen molar-refractivity contribution in [2.75, 3.05) is 12.0 Å². The standard InChI is InChI=1S/C15H10N4S2/c1-3-21-15-5-12(10(6-16)7-17)14(20-2)4-13(15)11(8-18)9-19/h4-5H,3H2,1-2H3. The van der Waals surface area contributed by atoms with Crippen molar-refractivity contribution < 1.29 is 0 Å². The van der Waals surface area contributed by atoms with Crippen molar-refractivity contribution >= 4 is 34.7 Å². The minimum atomic E-state index is 0.0271. The molecule has 0 saturated heterocycles. The van der Waals surface area contributed by atoms with E-state index < -0.39 is 0 Å². The molecule has 0 aliphatic rings. The highest BCUT2D eigenvalue weighted by Crippen LogP contribution is 2.16. The van der Waals surface area contributed by atoms with Gasteiger partial charge in [0.2, 0.25) is 0 Å². The van der Waals surface area contributed by atoms with Crippen LogP contribution in [0.3, 0.4) is 0 Å². The Kier molecular flexibility index (Phi) is 6.38. The van der Waals surface area contributed by atoms with Crippen molar-refractivity contribution in [3.8, 4) is 24.3 Å². The van der Waals surface area contributed by atoms with Gasteiger partial charge in [-0.2, -0.15) is 21.0 Å². The zero-order valence-corrected chi connectivity index (χ0v) is 13.1. The summed E-state index contributed by atoms with van der Waals surface area (Å²) in [5.74, 6) is 0.754. The fourth-order valence-corrected chi connectivity index (χ4v) is 3.13. The van der Waals surface area contributed by atoms with Crippen LogP contribution in [-0.4, -0.2) is 12.0 Å². The van der Waals surface area contributed by atoms with E-state index in [1.165, 1.54) is 23.5 Å². The van der Waals surface area contributed by atoms with Crippen LogP contribution in [0.4, 0.5) is 0 Å². The number of nitriles is 4. The molecule has 102 valence electrons. The molecule has 0 saturated carbocycles. The summed E-state index contributed by atoms with van der Waals surface area (Å²) >= 11 is 2.84. The third kappa shape index (κ3) is 3.59. The summed E-state index contributed by atoms with van der Waals surface area (Å²) in [4.78, 5) is 1.43. The molecule has 0 amide bonds. The van der Waals surface area contributed by atoms with Crippen LogP contribution in [0, 0.1) is 45.3 Å². The lowest BCUT2D eigenvalue weighted by Gasteiger charge is -2.05. The Labute approximate surface area is 131 Å². The Morgan fingerprint density at radius 1 is 0.905 bits per heavy atom. The normalized spacial score (nSPS) is 8.86. The summed E-state index contributed by atoms with van der Waals surface area (Å²) in [5, 5.41) is 37.3. The van der Waals surface area contributed by atoms with Crippen LogP contribution in [0.25, 0.3) is 11.1 Å². The highest BCUT2D eigenvalue weighted by molar-refractivity contribution is 7.99. The molecule has 6 heteroatoms. The van der Waals surface area contributed by atoms with Crippen molar-refractivity contribution in [3.05, 3.63) is 22.6 Å². The topological polar surface area (TPSA) is 95.2 Å². The lowest BCUT2D eigenvalue weighted by molar-refractivity contribution is 1.23. The van der Waals surface area contributed by atoms with E-state index in [-0.39, 0.29) is 11.1 Å². The van der Waals surface area contributed by atoms with Gasteiger partial charge in [0.25, 0.3) is 0 Å². The van der Waals surface area contributed by atoms with E-state index >= 15 is 0 Å². The van der Waals surface area contributed by atoms with E-state index in [9.17, 15) is 0 Å². The molecule has 1 rings (SSSR count). The van der Waals surface area contributed by atoms with Gasteiger partial charge >= 0.3 is 0 Å². The molecule has 0 N–H and O–H groups in total. The van der Waals surface area contributed by atoms with Crippen molar-refractivity contribution in [2.45, 2.75) is 16.7 Å². The molecule has 1 aromatic carbocycles. The van der Waals surface area contributed by atoms with Crippen molar-refractivity contribution in [1.82, 2.24) is 0 Å². The van der Waals surface area contributed by atoms with Crippen LogP contribution >= 0.6 is 23.5 Å². The quantitative estimate of drug-likeness (QED) is 0.791. The zero-order valence-electron chi connectivity index (χ0n) is 11.5. The fraction of sp³-hybridized carbons (Fsp3) is 0.200. The van der Waals surface area contributed by atoms with Gasteiger partial charge in [-0.3, -0.25) is 0 Å². The fourth-order valence-electron chi connectivity index (χ4n) is 1.69. The van der Waals surface area contributed by atoms with Crippen LogP contribution in [0.1, 0.15) is 6.92 Å². The monoisotopic (exact) mass is 310 g/mol. The third-order valence-electron chi connectivity index (χ3n) is 2.59. The van der Waals surface area contributed by atoms with Gasteiger partial charge < -0.3 is 0 Å².